The fourth-order valence-electron chi connectivity index (χ4n) is 3.32. The Morgan fingerprint density at radius 2 is 2.00 bits per heavy atom. The molecule has 2 amide bonds. The van der Waals surface area contributed by atoms with Gasteiger partial charge >= 0.3 is 6.03 Å². The summed E-state index contributed by atoms with van der Waals surface area (Å²) in [5, 5.41) is 8.75. The molecule has 4 rings (SSSR count). The lowest BCUT2D eigenvalue weighted by molar-refractivity contribution is 0.240. The fraction of sp³-hybridized carbons (Fsp3) is 0.136. The van der Waals surface area contributed by atoms with E-state index in [1.807, 2.05) is 60.8 Å². The van der Waals surface area contributed by atoms with Gasteiger partial charge in [-0.2, -0.15) is 0 Å². The molecule has 1 aliphatic rings. The lowest BCUT2D eigenvalue weighted by Crippen LogP contribution is -2.42. The van der Waals surface area contributed by atoms with Crippen molar-refractivity contribution < 1.29 is 9.53 Å². The van der Waals surface area contributed by atoms with Crippen LogP contribution in [0.1, 0.15) is 23.5 Å². The molecule has 1 atom stereocenters. The monoisotopic (exact) mass is 404 g/mol. The molecule has 6 nitrogen and oxygen atoms in total. The number of amides is 2. The van der Waals surface area contributed by atoms with Crippen LogP contribution in [0.25, 0.3) is 16.8 Å². The third kappa shape index (κ3) is 3.77. The van der Waals surface area contributed by atoms with Crippen molar-refractivity contribution in [1.29, 1.82) is 0 Å². The molecule has 3 aromatic rings. The molecule has 7 heteroatoms. The molecule has 1 unspecified atom stereocenters. The molecule has 29 heavy (non-hydrogen) atoms. The third-order valence-electron chi connectivity index (χ3n) is 4.78. The Labute approximate surface area is 173 Å². The number of nitrogens with one attached hydrogen (secondary N) is 2. The molecule has 0 fully saturated rings. The van der Waals surface area contributed by atoms with Gasteiger partial charge in [0.05, 0.1) is 24.5 Å². The maximum Gasteiger partial charge on any atom is 0.319 e. The van der Waals surface area contributed by atoms with Crippen LogP contribution in [0.2, 0.25) is 0 Å². The number of thiazole rings is 1. The van der Waals surface area contributed by atoms with Gasteiger partial charge in [-0.3, -0.25) is 4.99 Å². The molecular weight excluding hydrogens is 384 g/mol. The number of allylic oxidation sites excluding steroid dienone is 1. The summed E-state index contributed by atoms with van der Waals surface area (Å²) in [5.41, 5.74) is 5.37. The van der Waals surface area contributed by atoms with E-state index in [2.05, 4.69) is 22.3 Å². The van der Waals surface area contributed by atoms with E-state index in [0.29, 0.717) is 0 Å². The van der Waals surface area contributed by atoms with Gasteiger partial charge in [-0.15, -0.1) is 11.3 Å². The number of rotatable bonds is 5. The van der Waals surface area contributed by atoms with E-state index in [1.54, 1.807) is 18.4 Å². The minimum atomic E-state index is -0.315. The van der Waals surface area contributed by atoms with E-state index < -0.39 is 0 Å². The minimum absolute atomic E-state index is 0.233. The predicted octanol–water partition coefficient (Wildman–Crippen LogP) is 4.94. The summed E-state index contributed by atoms with van der Waals surface area (Å²) < 4.78 is 5.35. The zero-order valence-corrected chi connectivity index (χ0v) is 16.9. The molecule has 2 heterocycles. The topological polar surface area (TPSA) is 75.6 Å². The van der Waals surface area contributed by atoms with Gasteiger partial charge in [0.2, 0.25) is 0 Å². The molecule has 146 valence electrons. The van der Waals surface area contributed by atoms with Crippen LogP contribution in [0.5, 0.6) is 5.75 Å². The predicted molar refractivity (Wildman–Crippen MR) is 117 cm³/mol. The fourth-order valence-corrected chi connectivity index (χ4v) is 4.28. The van der Waals surface area contributed by atoms with Gasteiger partial charge in [-0.25, -0.2) is 9.78 Å². The van der Waals surface area contributed by atoms with E-state index in [-0.39, 0.29) is 12.1 Å². The summed E-state index contributed by atoms with van der Waals surface area (Å²) in [4.78, 5) is 20.9. The third-order valence-corrected chi connectivity index (χ3v) is 5.65. The number of hydrogen-bond donors (Lipinski definition) is 2. The highest BCUT2D eigenvalue weighted by atomic mass is 32.1. The van der Waals surface area contributed by atoms with Crippen LogP contribution in [0, 0.1) is 0 Å². The van der Waals surface area contributed by atoms with Crippen LogP contribution in [0.4, 0.5) is 10.5 Å². The van der Waals surface area contributed by atoms with Crippen molar-refractivity contribution in [3.8, 4) is 17.0 Å². The second-order valence-corrected chi connectivity index (χ2v) is 7.45. The summed E-state index contributed by atoms with van der Waals surface area (Å²) in [5.74, 6) is 0.739. The lowest BCUT2D eigenvalue weighted by atomic mass is 9.96. The number of nitrogens with zero attached hydrogens (tertiary/aromatic N) is 2. The van der Waals surface area contributed by atoms with Crippen molar-refractivity contribution in [2.75, 3.05) is 7.11 Å². The highest BCUT2D eigenvalue weighted by Crippen LogP contribution is 2.38. The van der Waals surface area contributed by atoms with Crippen molar-refractivity contribution in [2.24, 2.45) is 4.99 Å². The van der Waals surface area contributed by atoms with Gasteiger partial charge in [0.25, 0.3) is 0 Å². The molecule has 0 bridgehead atoms. The summed E-state index contributed by atoms with van der Waals surface area (Å²) in [6.07, 6.45) is 0. The van der Waals surface area contributed by atoms with Gasteiger partial charge in [0.1, 0.15) is 10.8 Å². The number of carbonyl (C=O) groups is 1. The average molecular weight is 404 g/mol. The lowest BCUT2D eigenvalue weighted by Gasteiger charge is -2.28. The molecule has 0 saturated heterocycles. The molecule has 2 aromatic carbocycles. The number of benzene rings is 2. The molecule has 0 radical (unpaired) electrons. The van der Waals surface area contributed by atoms with Crippen molar-refractivity contribution >= 4 is 35.3 Å². The maximum atomic E-state index is 12.2. The average Bonchev–Trinajstić information content (AvgIpc) is 3.23. The van der Waals surface area contributed by atoms with Crippen molar-refractivity contribution in [3.63, 3.8) is 0 Å². The maximum absolute atomic E-state index is 12.2. The number of ether oxygens (including phenoxy) is 1. The zero-order chi connectivity index (χ0) is 20.4. The Balaban J connectivity index is 1.74. The first-order valence-corrected chi connectivity index (χ1v) is 9.92. The number of aliphatic imine (C=N–C) groups is 1. The number of urea groups is 1. The first kappa shape index (κ1) is 18.9. The van der Waals surface area contributed by atoms with Crippen molar-refractivity contribution in [3.05, 3.63) is 70.2 Å². The number of aromatic nitrogens is 1. The summed E-state index contributed by atoms with van der Waals surface area (Å²) in [7, 11) is 1.63. The standard InChI is InChI=1S/C22H20N4O2S/c1-13-19(20(26-22(27)24-13)15-5-4-6-17(11-15)28-3)21-25-18(12-29-21)14-7-9-16(23-2)10-8-14/h4-12,20H,2H2,1,3H3,(H2,24,26,27). The molecule has 2 N–H and O–H groups in total. The second kappa shape index (κ2) is 7.89. The number of hydrogen-bond acceptors (Lipinski definition) is 5. The van der Waals surface area contributed by atoms with Gasteiger partial charge < -0.3 is 15.4 Å². The first-order valence-electron chi connectivity index (χ1n) is 9.04. The van der Waals surface area contributed by atoms with Crippen LogP contribution in [-0.4, -0.2) is 24.8 Å². The van der Waals surface area contributed by atoms with Crippen molar-refractivity contribution in [2.45, 2.75) is 13.0 Å². The molecule has 1 aromatic heterocycles. The summed E-state index contributed by atoms with van der Waals surface area (Å²) in [6, 6.07) is 14.9. The minimum Gasteiger partial charge on any atom is -0.497 e. The van der Waals surface area contributed by atoms with Gasteiger partial charge in [0.15, 0.2) is 0 Å². The molecule has 0 aliphatic carbocycles. The molecule has 0 saturated carbocycles. The van der Waals surface area contributed by atoms with Crippen LogP contribution in [0.3, 0.4) is 0 Å². The largest absolute Gasteiger partial charge is 0.497 e. The highest BCUT2D eigenvalue weighted by Gasteiger charge is 2.29. The molecule has 0 spiro atoms. The number of methoxy groups -OCH3 is 1. The SMILES string of the molecule is C=Nc1ccc(-c2csc(C3=C(C)NC(=O)NC3c3cccc(OC)c3)n2)cc1. The summed E-state index contributed by atoms with van der Waals surface area (Å²) >= 11 is 1.55. The van der Waals surface area contributed by atoms with Gasteiger partial charge in [0, 0.05) is 22.2 Å². The zero-order valence-electron chi connectivity index (χ0n) is 16.1. The Hall–Kier alpha value is -3.45. The van der Waals surface area contributed by atoms with Crippen molar-refractivity contribution in [1.82, 2.24) is 15.6 Å². The van der Waals surface area contributed by atoms with E-state index in [0.717, 1.165) is 44.5 Å². The molecule has 1 aliphatic heterocycles. The van der Waals surface area contributed by atoms with E-state index >= 15 is 0 Å². The highest BCUT2D eigenvalue weighted by molar-refractivity contribution is 7.11. The molecular formula is C22H20N4O2S. The van der Waals surface area contributed by atoms with E-state index in [1.165, 1.54) is 0 Å². The Morgan fingerprint density at radius 1 is 1.21 bits per heavy atom. The smallest absolute Gasteiger partial charge is 0.319 e. The van der Waals surface area contributed by atoms with Crippen LogP contribution >= 0.6 is 11.3 Å². The van der Waals surface area contributed by atoms with E-state index in [4.69, 9.17) is 9.72 Å². The number of carbonyl (C=O) groups excluding carboxylic acids is 1. The quantitative estimate of drug-likeness (QED) is 0.592. The Morgan fingerprint density at radius 3 is 2.72 bits per heavy atom. The van der Waals surface area contributed by atoms with Crippen LogP contribution in [-0.2, 0) is 0 Å². The Kier molecular flexibility index (Phi) is 5.14. The summed E-state index contributed by atoms with van der Waals surface area (Å²) in [6.45, 7) is 5.44. The van der Waals surface area contributed by atoms with Gasteiger partial charge in [-0.05, 0) is 43.5 Å². The van der Waals surface area contributed by atoms with Crippen LogP contribution in [0.15, 0.2) is 64.6 Å². The Bertz CT molecular complexity index is 1100. The van der Waals surface area contributed by atoms with Gasteiger partial charge in [-0.1, -0.05) is 24.3 Å². The first-order chi connectivity index (χ1) is 14.1. The second-order valence-electron chi connectivity index (χ2n) is 6.59. The van der Waals surface area contributed by atoms with Crippen LogP contribution < -0.4 is 15.4 Å². The van der Waals surface area contributed by atoms with E-state index in [9.17, 15) is 4.79 Å². The normalized spacial score (nSPS) is 16.2.